The highest BCUT2D eigenvalue weighted by Crippen LogP contribution is 2.64. The molecule has 2 aliphatic carbocycles. The summed E-state index contributed by atoms with van der Waals surface area (Å²) in [6, 6.07) is 0. The smallest absolute Gasteiger partial charge is 0.312 e. The van der Waals surface area contributed by atoms with Gasteiger partial charge in [-0.15, -0.1) is 0 Å². The second kappa shape index (κ2) is 2.25. The highest BCUT2D eigenvalue weighted by atomic mass is 16.4. The normalized spacial score (nSPS) is 26.2. The summed E-state index contributed by atoms with van der Waals surface area (Å²) in [5.74, 6) is -0.872. The summed E-state index contributed by atoms with van der Waals surface area (Å²) in [5, 5.41) is 11.8. The van der Waals surface area contributed by atoms with Crippen LogP contribution in [0.2, 0.25) is 0 Å². The molecule has 0 aromatic rings. The number of hydrogen-bond acceptors (Lipinski definition) is 2. The Labute approximate surface area is 76.3 Å². The minimum atomic E-state index is -0.751. The van der Waals surface area contributed by atoms with E-state index in [1.54, 1.807) is 0 Å². The van der Waals surface area contributed by atoms with E-state index in [9.17, 15) is 9.59 Å². The van der Waals surface area contributed by atoms with Crippen LogP contribution in [0.25, 0.3) is 0 Å². The first kappa shape index (κ1) is 8.53. The van der Waals surface area contributed by atoms with Gasteiger partial charge in [-0.1, -0.05) is 0 Å². The number of amides is 1. The number of carboxylic acid groups (broad SMARTS) is 1. The van der Waals surface area contributed by atoms with Crippen LogP contribution < -0.4 is 5.32 Å². The maximum absolute atomic E-state index is 11.0. The minimum absolute atomic E-state index is 0.120. The van der Waals surface area contributed by atoms with E-state index in [2.05, 4.69) is 5.32 Å². The van der Waals surface area contributed by atoms with Crippen LogP contribution in [0.5, 0.6) is 0 Å². The first-order valence-corrected chi connectivity index (χ1v) is 4.55. The highest BCUT2D eigenvalue weighted by molar-refractivity contribution is 5.83. The maximum Gasteiger partial charge on any atom is 0.312 e. The van der Waals surface area contributed by atoms with Crippen molar-refractivity contribution in [3.63, 3.8) is 0 Å². The number of carbonyl (C=O) groups is 2. The number of carboxylic acids is 1. The van der Waals surface area contributed by atoms with E-state index in [-0.39, 0.29) is 5.91 Å². The minimum Gasteiger partial charge on any atom is -0.481 e. The van der Waals surface area contributed by atoms with Crippen molar-refractivity contribution in [1.29, 1.82) is 0 Å². The zero-order valence-electron chi connectivity index (χ0n) is 7.59. The molecule has 0 aromatic carbocycles. The molecule has 0 radical (unpaired) electrons. The Morgan fingerprint density at radius 1 is 1.23 bits per heavy atom. The van der Waals surface area contributed by atoms with Crippen LogP contribution in [0.1, 0.15) is 32.6 Å². The van der Waals surface area contributed by atoms with Crippen molar-refractivity contribution >= 4 is 11.9 Å². The van der Waals surface area contributed by atoms with E-state index in [1.165, 1.54) is 6.92 Å². The van der Waals surface area contributed by atoms with Gasteiger partial charge in [0.15, 0.2) is 0 Å². The predicted molar refractivity (Wildman–Crippen MR) is 45.1 cm³/mol. The lowest BCUT2D eigenvalue weighted by molar-refractivity contribution is -0.145. The Morgan fingerprint density at radius 2 is 1.77 bits per heavy atom. The van der Waals surface area contributed by atoms with Gasteiger partial charge in [0.05, 0.1) is 11.0 Å². The molecule has 1 amide bonds. The molecule has 13 heavy (non-hydrogen) atoms. The molecule has 4 nitrogen and oxygen atoms in total. The molecular formula is C9H13NO3. The van der Waals surface area contributed by atoms with Crippen LogP contribution >= 0.6 is 0 Å². The van der Waals surface area contributed by atoms with Gasteiger partial charge in [0.1, 0.15) is 0 Å². The SMILES string of the molecule is CC(=O)NC1(C2(C(=O)O)CC2)CC1. The number of carbonyl (C=O) groups excluding carboxylic acids is 1. The number of rotatable bonds is 3. The molecule has 0 atom stereocenters. The third kappa shape index (κ3) is 1.04. The Hall–Kier alpha value is -1.06. The van der Waals surface area contributed by atoms with E-state index in [0.29, 0.717) is 12.8 Å². The molecule has 2 rings (SSSR count). The Bertz CT molecular complexity index is 277. The second-order valence-electron chi connectivity index (χ2n) is 4.15. The van der Waals surface area contributed by atoms with Crippen LogP contribution in [-0.4, -0.2) is 22.5 Å². The molecule has 0 heterocycles. The van der Waals surface area contributed by atoms with E-state index in [1.807, 2.05) is 0 Å². The lowest BCUT2D eigenvalue weighted by Crippen LogP contribution is -2.46. The van der Waals surface area contributed by atoms with Gasteiger partial charge >= 0.3 is 5.97 Å². The first-order valence-electron chi connectivity index (χ1n) is 4.55. The zero-order valence-corrected chi connectivity index (χ0v) is 7.59. The van der Waals surface area contributed by atoms with E-state index in [4.69, 9.17) is 5.11 Å². The van der Waals surface area contributed by atoms with E-state index < -0.39 is 16.9 Å². The van der Waals surface area contributed by atoms with Crippen LogP contribution in [0.3, 0.4) is 0 Å². The quantitative estimate of drug-likeness (QED) is 0.670. The summed E-state index contributed by atoms with van der Waals surface area (Å²) in [6.45, 7) is 1.44. The summed E-state index contributed by atoms with van der Waals surface area (Å²) < 4.78 is 0. The molecule has 0 aliphatic heterocycles. The van der Waals surface area contributed by atoms with E-state index >= 15 is 0 Å². The fraction of sp³-hybridized carbons (Fsp3) is 0.778. The molecule has 2 aliphatic rings. The number of aliphatic carboxylic acids is 1. The van der Waals surface area contributed by atoms with Crippen LogP contribution in [-0.2, 0) is 9.59 Å². The maximum atomic E-state index is 11.0. The van der Waals surface area contributed by atoms with Crippen molar-refractivity contribution in [2.24, 2.45) is 5.41 Å². The summed E-state index contributed by atoms with van der Waals surface area (Å²) in [7, 11) is 0. The fourth-order valence-electron chi connectivity index (χ4n) is 2.21. The Morgan fingerprint density at radius 3 is 2.00 bits per heavy atom. The molecule has 2 saturated carbocycles. The van der Waals surface area contributed by atoms with Crippen molar-refractivity contribution in [2.75, 3.05) is 0 Å². The molecular weight excluding hydrogens is 170 g/mol. The van der Waals surface area contributed by atoms with Crippen LogP contribution in [0.4, 0.5) is 0 Å². The predicted octanol–water partition coefficient (Wildman–Crippen LogP) is 0.520. The average Bonchev–Trinajstić information content (AvgIpc) is 2.77. The van der Waals surface area contributed by atoms with Gasteiger partial charge in [0, 0.05) is 6.92 Å². The van der Waals surface area contributed by atoms with E-state index in [0.717, 1.165) is 12.8 Å². The standard InChI is InChI=1S/C9H13NO3/c1-6(11)10-9(4-5-9)8(2-3-8)7(12)13/h2-5H2,1H3,(H,10,11)(H,12,13). The molecule has 0 aromatic heterocycles. The van der Waals surface area contributed by atoms with Gasteiger partial charge in [-0.05, 0) is 25.7 Å². The Kier molecular flexibility index (Phi) is 1.47. The highest BCUT2D eigenvalue weighted by Gasteiger charge is 2.70. The van der Waals surface area contributed by atoms with Crippen molar-refractivity contribution < 1.29 is 14.7 Å². The van der Waals surface area contributed by atoms with Gasteiger partial charge in [0.25, 0.3) is 0 Å². The molecule has 0 saturated heterocycles. The average molecular weight is 183 g/mol. The Balaban J connectivity index is 2.16. The number of nitrogens with one attached hydrogen (secondary N) is 1. The van der Waals surface area contributed by atoms with Gasteiger partial charge in [-0.25, -0.2) is 0 Å². The van der Waals surface area contributed by atoms with Crippen molar-refractivity contribution in [1.82, 2.24) is 5.32 Å². The summed E-state index contributed by atoms with van der Waals surface area (Å²) in [6.07, 6.45) is 3.06. The summed E-state index contributed by atoms with van der Waals surface area (Å²) in [5.41, 5.74) is -1.02. The zero-order chi connectivity index (χ0) is 9.69. The van der Waals surface area contributed by atoms with Crippen molar-refractivity contribution in [2.45, 2.75) is 38.1 Å². The summed E-state index contributed by atoms with van der Waals surface area (Å²) in [4.78, 5) is 21.9. The van der Waals surface area contributed by atoms with Gasteiger partial charge < -0.3 is 10.4 Å². The van der Waals surface area contributed by atoms with Crippen LogP contribution in [0.15, 0.2) is 0 Å². The lowest BCUT2D eigenvalue weighted by atomic mass is 9.93. The molecule has 4 heteroatoms. The summed E-state index contributed by atoms with van der Waals surface area (Å²) >= 11 is 0. The van der Waals surface area contributed by atoms with Gasteiger partial charge in [-0.3, -0.25) is 9.59 Å². The fourth-order valence-corrected chi connectivity index (χ4v) is 2.21. The molecule has 2 fully saturated rings. The molecule has 0 spiro atoms. The van der Waals surface area contributed by atoms with Crippen molar-refractivity contribution in [3.05, 3.63) is 0 Å². The molecule has 0 bridgehead atoms. The first-order chi connectivity index (χ1) is 6.02. The van der Waals surface area contributed by atoms with Gasteiger partial charge in [0.2, 0.25) is 5.91 Å². The van der Waals surface area contributed by atoms with Crippen molar-refractivity contribution in [3.8, 4) is 0 Å². The third-order valence-corrected chi connectivity index (χ3v) is 3.24. The van der Waals surface area contributed by atoms with Crippen LogP contribution in [0, 0.1) is 5.41 Å². The second-order valence-corrected chi connectivity index (χ2v) is 4.15. The lowest BCUT2D eigenvalue weighted by Gasteiger charge is -2.23. The van der Waals surface area contributed by atoms with Gasteiger partial charge in [-0.2, -0.15) is 0 Å². The monoisotopic (exact) mass is 183 g/mol. The number of hydrogen-bond donors (Lipinski definition) is 2. The third-order valence-electron chi connectivity index (χ3n) is 3.24. The molecule has 72 valence electrons. The largest absolute Gasteiger partial charge is 0.481 e. The topological polar surface area (TPSA) is 66.4 Å². The molecule has 2 N–H and O–H groups in total. The molecule has 0 unspecified atom stereocenters.